The number of halogens is 1. The Morgan fingerprint density at radius 1 is 1.50 bits per heavy atom. The molecule has 1 unspecified atom stereocenters. The minimum Gasteiger partial charge on any atom is -0.221 e. The Morgan fingerprint density at radius 2 is 2.19 bits per heavy atom. The first kappa shape index (κ1) is 13.9. The number of hydrogen-bond acceptors (Lipinski definition) is 5. The lowest BCUT2D eigenvalue weighted by molar-refractivity contribution is 0.582. The van der Waals surface area contributed by atoms with Gasteiger partial charge in [0.2, 0.25) is 14.2 Å². The smallest absolute Gasteiger partial charge is 0.221 e. The van der Waals surface area contributed by atoms with E-state index in [2.05, 4.69) is 9.36 Å². The SMILES string of the molecule is CCCc1nsc(S(=O)(=O)CC(C)CCl)n1. The lowest BCUT2D eigenvalue weighted by Gasteiger charge is -2.05. The zero-order valence-corrected chi connectivity index (χ0v) is 11.7. The van der Waals surface area contributed by atoms with Crippen molar-refractivity contribution in [3.63, 3.8) is 0 Å². The molecule has 0 aliphatic heterocycles. The van der Waals surface area contributed by atoms with Gasteiger partial charge in [-0.1, -0.05) is 13.8 Å². The van der Waals surface area contributed by atoms with Gasteiger partial charge in [0.1, 0.15) is 5.82 Å². The highest BCUT2D eigenvalue weighted by Gasteiger charge is 2.22. The van der Waals surface area contributed by atoms with Crippen LogP contribution >= 0.6 is 23.1 Å². The highest BCUT2D eigenvalue weighted by Crippen LogP contribution is 2.17. The number of alkyl halides is 1. The summed E-state index contributed by atoms with van der Waals surface area (Å²) in [6.45, 7) is 3.81. The molecule has 7 heteroatoms. The second-order valence-electron chi connectivity index (χ2n) is 3.77. The van der Waals surface area contributed by atoms with E-state index in [1.165, 1.54) is 0 Å². The van der Waals surface area contributed by atoms with E-state index in [0.717, 1.165) is 24.4 Å². The number of aromatic nitrogens is 2. The molecule has 0 fully saturated rings. The number of nitrogens with zero attached hydrogens (tertiary/aromatic N) is 2. The quantitative estimate of drug-likeness (QED) is 0.750. The predicted molar refractivity (Wildman–Crippen MR) is 65.8 cm³/mol. The molecule has 0 radical (unpaired) electrons. The van der Waals surface area contributed by atoms with Crippen molar-refractivity contribution in [2.24, 2.45) is 5.92 Å². The fourth-order valence-corrected chi connectivity index (χ4v) is 3.90. The van der Waals surface area contributed by atoms with Gasteiger partial charge >= 0.3 is 0 Å². The second-order valence-corrected chi connectivity index (χ2v) is 7.04. The highest BCUT2D eigenvalue weighted by atomic mass is 35.5. The van der Waals surface area contributed by atoms with Crippen molar-refractivity contribution >= 4 is 33.0 Å². The summed E-state index contributed by atoms with van der Waals surface area (Å²) in [6.07, 6.45) is 1.63. The van der Waals surface area contributed by atoms with Crippen LogP contribution in [0.5, 0.6) is 0 Å². The summed E-state index contributed by atoms with van der Waals surface area (Å²) in [6, 6.07) is 0. The first-order valence-electron chi connectivity index (χ1n) is 5.11. The van der Waals surface area contributed by atoms with E-state index in [1.54, 1.807) is 6.92 Å². The van der Waals surface area contributed by atoms with Gasteiger partial charge in [-0.2, -0.15) is 4.37 Å². The van der Waals surface area contributed by atoms with Crippen LogP contribution in [0, 0.1) is 5.92 Å². The lowest BCUT2D eigenvalue weighted by atomic mass is 10.3. The van der Waals surface area contributed by atoms with Crippen molar-refractivity contribution in [3.05, 3.63) is 5.82 Å². The van der Waals surface area contributed by atoms with Gasteiger partial charge in [-0.25, -0.2) is 13.4 Å². The summed E-state index contributed by atoms with van der Waals surface area (Å²) in [4.78, 5) is 4.04. The fourth-order valence-electron chi connectivity index (χ4n) is 1.18. The maximum Gasteiger partial charge on any atom is 0.228 e. The van der Waals surface area contributed by atoms with Crippen LogP contribution in [0.1, 0.15) is 26.1 Å². The topological polar surface area (TPSA) is 59.9 Å². The molecule has 1 rings (SSSR count). The van der Waals surface area contributed by atoms with Crippen LogP contribution in [0.15, 0.2) is 4.34 Å². The third-order valence-corrected chi connectivity index (χ3v) is 5.65. The van der Waals surface area contributed by atoms with Crippen molar-refractivity contribution < 1.29 is 8.42 Å². The van der Waals surface area contributed by atoms with Gasteiger partial charge in [-0.05, 0) is 23.9 Å². The van der Waals surface area contributed by atoms with Crippen molar-refractivity contribution in [1.29, 1.82) is 0 Å². The van der Waals surface area contributed by atoms with E-state index in [0.29, 0.717) is 11.7 Å². The third-order valence-electron chi connectivity index (χ3n) is 1.96. The average molecular weight is 283 g/mol. The number of sulfone groups is 1. The van der Waals surface area contributed by atoms with E-state index in [-0.39, 0.29) is 16.0 Å². The zero-order valence-electron chi connectivity index (χ0n) is 9.31. The third kappa shape index (κ3) is 3.68. The van der Waals surface area contributed by atoms with Crippen LogP contribution in [0.2, 0.25) is 0 Å². The summed E-state index contributed by atoms with van der Waals surface area (Å²) in [5.74, 6) is 0.923. The average Bonchev–Trinajstić information content (AvgIpc) is 2.67. The molecule has 0 aromatic carbocycles. The van der Waals surface area contributed by atoms with Crippen LogP contribution in [0.3, 0.4) is 0 Å². The van der Waals surface area contributed by atoms with Gasteiger partial charge in [0.15, 0.2) is 0 Å². The Morgan fingerprint density at radius 3 is 2.75 bits per heavy atom. The zero-order chi connectivity index (χ0) is 12.2. The first-order valence-corrected chi connectivity index (χ1v) is 8.07. The molecular formula is C9H15ClN2O2S2. The van der Waals surface area contributed by atoms with Crippen molar-refractivity contribution in [3.8, 4) is 0 Å². The van der Waals surface area contributed by atoms with Gasteiger partial charge in [0.25, 0.3) is 0 Å². The summed E-state index contributed by atoms with van der Waals surface area (Å²) >= 11 is 6.56. The molecule has 92 valence electrons. The van der Waals surface area contributed by atoms with Crippen LogP contribution < -0.4 is 0 Å². The van der Waals surface area contributed by atoms with Gasteiger partial charge in [-0.15, -0.1) is 11.6 Å². The lowest BCUT2D eigenvalue weighted by Crippen LogP contribution is -2.15. The molecule has 16 heavy (non-hydrogen) atoms. The molecule has 1 aromatic heterocycles. The minimum absolute atomic E-state index is 0.0389. The molecule has 0 aliphatic rings. The summed E-state index contributed by atoms with van der Waals surface area (Å²) in [5.41, 5.74) is 0. The Kier molecular flexibility index (Phi) is 5.14. The van der Waals surface area contributed by atoms with Crippen molar-refractivity contribution in [2.45, 2.75) is 31.0 Å². The molecule has 0 bridgehead atoms. The summed E-state index contributed by atoms with van der Waals surface area (Å²) in [7, 11) is -3.31. The second kappa shape index (κ2) is 5.93. The molecule has 4 nitrogen and oxygen atoms in total. The van der Waals surface area contributed by atoms with E-state index in [1.807, 2.05) is 6.92 Å². The maximum absolute atomic E-state index is 11.9. The van der Waals surface area contributed by atoms with E-state index in [4.69, 9.17) is 11.6 Å². The first-order chi connectivity index (χ1) is 7.49. The number of rotatable bonds is 6. The molecule has 0 amide bonds. The molecule has 1 atom stereocenters. The Bertz CT molecular complexity index is 430. The molecular weight excluding hydrogens is 268 g/mol. The standard InChI is InChI=1S/C9H15ClN2O2S2/c1-3-4-8-11-9(15-12-8)16(13,14)6-7(2)5-10/h7H,3-6H2,1-2H3. The van der Waals surface area contributed by atoms with Gasteiger partial charge < -0.3 is 0 Å². The molecule has 0 N–H and O–H groups in total. The Labute approximate surface area is 105 Å². The largest absolute Gasteiger partial charge is 0.228 e. The maximum atomic E-state index is 11.9. The van der Waals surface area contributed by atoms with Gasteiger partial charge in [0, 0.05) is 12.3 Å². The van der Waals surface area contributed by atoms with Crippen LogP contribution in [0.4, 0.5) is 0 Å². The molecule has 1 aromatic rings. The molecule has 1 heterocycles. The summed E-state index contributed by atoms with van der Waals surface area (Å²) in [5, 5.41) is 0. The van der Waals surface area contributed by atoms with Crippen molar-refractivity contribution in [1.82, 2.24) is 9.36 Å². The van der Waals surface area contributed by atoms with Crippen LogP contribution in [-0.4, -0.2) is 29.4 Å². The van der Waals surface area contributed by atoms with E-state index in [9.17, 15) is 8.42 Å². The fraction of sp³-hybridized carbons (Fsp3) is 0.778. The van der Waals surface area contributed by atoms with Gasteiger partial charge in [0.05, 0.1) is 5.75 Å². The highest BCUT2D eigenvalue weighted by molar-refractivity contribution is 7.93. The molecule has 0 saturated heterocycles. The Balaban J connectivity index is 2.81. The van der Waals surface area contributed by atoms with Gasteiger partial charge in [-0.3, -0.25) is 0 Å². The number of hydrogen-bond donors (Lipinski definition) is 0. The van der Waals surface area contributed by atoms with Crippen molar-refractivity contribution in [2.75, 3.05) is 11.6 Å². The molecule has 0 spiro atoms. The van der Waals surface area contributed by atoms with Crippen LogP contribution in [-0.2, 0) is 16.3 Å². The summed E-state index contributed by atoms with van der Waals surface area (Å²) < 4.78 is 27.9. The van der Waals surface area contributed by atoms with Crippen LogP contribution in [0.25, 0.3) is 0 Å². The van der Waals surface area contributed by atoms with E-state index >= 15 is 0 Å². The minimum atomic E-state index is -3.31. The monoisotopic (exact) mass is 282 g/mol. The predicted octanol–water partition coefficient (Wildman–Crippen LogP) is 2.14. The molecule has 0 aliphatic carbocycles. The normalized spacial score (nSPS) is 13.9. The molecule has 0 saturated carbocycles. The Hall–Kier alpha value is -0.200. The number of aryl methyl sites for hydroxylation is 1. The van der Waals surface area contributed by atoms with E-state index < -0.39 is 9.84 Å².